The number of ether oxygens (including phenoxy) is 1. The molecule has 1 fully saturated rings. The molecule has 5 N–H and O–H groups in total. The second-order valence-corrected chi connectivity index (χ2v) is 11.8. The van der Waals surface area contributed by atoms with Crippen LogP contribution in [0.15, 0.2) is 24.3 Å². The Bertz CT molecular complexity index is 1260. The van der Waals surface area contributed by atoms with E-state index in [-0.39, 0.29) is 5.92 Å². The summed E-state index contributed by atoms with van der Waals surface area (Å²) in [6.45, 7) is 6.87. The van der Waals surface area contributed by atoms with E-state index in [0.717, 1.165) is 35.9 Å². The van der Waals surface area contributed by atoms with Crippen molar-refractivity contribution < 1.29 is 27.6 Å². The van der Waals surface area contributed by atoms with Crippen LogP contribution in [0.4, 0.5) is 15.3 Å². The first-order valence-electron chi connectivity index (χ1n) is 11.3. The number of carbonyl (C=O) groups excluding carboxylic acids is 2. The molecule has 11 nitrogen and oxygen atoms in total. The highest BCUT2D eigenvalue weighted by Crippen LogP contribution is 2.55. The molecule has 0 bridgehead atoms. The second-order valence-electron chi connectivity index (χ2n) is 10.1. The van der Waals surface area contributed by atoms with Crippen molar-refractivity contribution in [3.8, 4) is 16.9 Å². The number of nitrogens with zero attached hydrogens (tertiary/aromatic N) is 2. The zero-order valence-electron chi connectivity index (χ0n) is 20.2. The van der Waals surface area contributed by atoms with Crippen molar-refractivity contribution in [2.75, 3.05) is 17.5 Å². The van der Waals surface area contributed by atoms with Crippen LogP contribution < -0.4 is 20.9 Å². The Labute approximate surface area is 204 Å². The lowest BCUT2D eigenvalue weighted by Gasteiger charge is -2.42. The molecule has 2 heterocycles. The van der Waals surface area contributed by atoms with Crippen molar-refractivity contribution in [2.45, 2.75) is 52.1 Å². The summed E-state index contributed by atoms with van der Waals surface area (Å²) < 4.78 is 33.5. The molecular weight excluding hydrogens is 474 g/mol. The van der Waals surface area contributed by atoms with Gasteiger partial charge in [-0.15, -0.1) is 5.06 Å². The maximum Gasteiger partial charge on any atom is 0.423 e. The first-order chi connectivity index (χ1) is 16.3. The number of hydrogen-bond donors (Lipinski definition) is 3. The molecule has 0 saturated heterocycles. The zero-order valence-corrected chi connectivity index (χ0v) is 21.0. The van der Waals surface area contributed by atoms with E-state index in [0.29, 0.717) is 30.2 Å². The van der Waals surface area contributed by atoms with Gasteiger partial charge in [0.25, 0.3) is 0 Å². The first kappa shape index (κ1) is 24.9. The van der Waals surface area contributed by atoms with Crippen molar-refractivity contribution >= 4 is 27.9 Å². The van der Waals surface area contributed by atoms with Crippen LogP contribution in [0, 0.1) is 5.41 Å². The SMILES string of the molecule is CC(C)(C)C1c2c(OC(N)=O)c(-c3ccc(NS(C)(=O)=O)cc3)c(C3CC3)n2CCN1OC(N)=O. The summed E-state index contributed by atoms with van der Waals surface area (Å²) in [7, 11) is -3.43. The Balaban J connectivity index is 1.94. The van der Waals surface area contributed by atoms with E-state index in [1.165, 1.54) is 5.06 Å². The van der Waals surface area contributed by atoms with Gasteiger partial charge in [0.15, 0.2) is 5.75 Å². The fourth-order valence-electron chi connectivity index (χ4n) is 4.85. The normalized spacial score (nSPS) is 18.6. The molecule has 1 aromatic heterocycles. The number of benzene rings is 1. The average molecular weight is 506 g/mol. The van der Waals surface area contributed by atoms with Crippen LogP contribution >= 0.6 is 0 Å². The highest BCUT2D eigenvalue weighted by atomic mass is 32.2. The van der Waals surface area contributed by atoms with Crippen LogP contribution in [0.5, 0.6) is 5.75 Å². The van der Waals surface area contributed by atoms with Gasteiger partial charge in [0, 0.05) is 29.4 Å². The molecule has 4 rings (SSSR count). The molecular formula is C23H31N5O6S. The highest BCUT2D eigenvalue weighted by Gasteiger charge is 2.46. The Morgan fingerprint density at radius 1 is 1.03 bits per heavy atom. The molecule has 2 aliphatic rings. The van der Waals surface area contributed by atoms with Crippen molar-refractivity contribution in [1.82, 2.24) is 9.63 Å². The van der Waals surface area contributed by atoms with Gasteiger partial charge in [-0.25, -0.2) is 18.0 Å². The predicted octanol–water partition coefficient (Wildman–Crippen LogP) is 3.27. The molecule has 35 heavy (non-hydrogen) atoms. The highest BCUT2D eigenvalue weighted by molar-refractivity contribution is 7.92. The Morgan fingerprint density at radius 2 is 1.66 bits per heavy atom. The van der Waals surface area contributed by atoms with Crippen LogP contribution in [-0.4, -0.2) is 43.0 Å². The molecule has 190 valence electrons. The molecule has 1 atom stereocenters. The van der Waals surface area contributed by atoms with E-state index in [2.05, 4.69) is 9.29 Å². The molecule has 1 saturated carbocycles. The van der Waals surface area contributed by atoms with Gasteiger partial charge in [-0.1, -0.05) is 32.9 Å². The molecule has 1 aliphatic carbocycles. The number of nitrogens with one attached hydrogen (secondary N) is 1. The standard InChI is InChI=1S/C23H31N5O6S/c1-23(2,3)20-18-19(33-21(24)29)16(13-7-9-15(10-8-13)26-35(4,31)32)17(14-5-6-14)27(18)11-12-28(20)34-22(25)30/h7-10,14,20,26H,5-6,11-12H2,1-4H3,(H2,24,29)(H2,25,30). The molecule has 1 unspecified atom stereocenters. The number of fused-ring (bicyclic) bond motifs is 1. The van der Waals surface area contributed by atoms with E-state index in [4.69, 9.17) is 21.0 Å². The first-order valence-corrected chi connectivity index (χ1v) is 13.2. The Kier molecular flexibility index (Phi) is 6.22. The summed E-state index contributed by atoms with van der Waals surface area (Å²) in [5, 5.41) is 1.53. The number of sulfonamides is 1. The maximum absolute atomic E-state index is 12.1. The number of hydroxylamine groups is 2. The summed E-state index contributed by atoms with van der Waals surface area (Å²) in [6.07, 6.45) is 1.18. The molecule has 2 aromatic rings. The summed E-state index contributed by atoms with van der Waals surface area (Å²) in [6, 6.07) is 6.38. The largest absolute Gasteiger partial charge is 0.423 e. The topological polar surface area (TPSA) is 159 Å². The summed E-state index contributed by atoms with van der Waals surface area (Å²) >= 11 is 0. The van der Waals surface area contributed by atoms with Gasteiger partial charge in [-0.2, -0.15) is 0 Å². The van der Waals surface area contributed by atoms with Gasteiger partial charge in [0.2, 0.25) is 10.0 Å². The predicted molar refractivity (Wildman–Crippen MR) is 130 cm³/mol. The van der Waals surface area contributed by atoms with Crippen molar-refractivity contribution in [2.24, 2.45) is 16.9 Å². The van der Waals surface area contributed by atoms with E-state index in [1.807, 2.05) is 20.8 Å². The van der Waals surface area contributed by atoms with Gasteiger partial charge in [0.05, 0.1) is 24.5 Å². The fraction of sp³-hybridized carbons (Fsp3) is 0.478. The monoisotopic (exact) mass is 505 g/mol. The summed E-state index contributed by atoms with van der Waals surface area (Å²) in [4.78, 5) is 29.1. The molecule has 0 spiro atoms. The number of primary amides is 2. The third kappa shape index (κ3) is 5.22. The number of hydrogen-bond acceptors (Lipinski definition) is 7. The minimum Gasteiger partial charge on any atom is -0.408 e. The van der Waals surface area contributed by atoms with Crippen LogP contribution in [0.25, 0.3) is 11.1 Å². The third-order valence-corrected chi connectivity index (χ3v) is 6.67. The van der Waals surface area contributed by atoms with Crippen LogP contribution in [0.2, 0.25) is 0 Å². The van der Waals surface area contributed by atoms with Crippen molar-refractivity contribution in [3.05, 3.63) is 35.7 Å². The Hall–Kier alpha value is -3.25. The smallest absolute Gasteiger partial charge is 0.408 e. The third-order valence-electron chi connectivity index (χ3n) is 6.06. The average Bonchev–Trinajstić information content (AvgIpc) is 3.49. The minimum absolute atomic E-state index is 0.270. The molecule has 12 heteroatoms. The van der Waals surface area contributed by atoms with E-state index in [1.54, 1.807) is 24.3 Å². The quantitative estimate of drug-likeness (QED) is 0.543. The van der Waals surface area contributed by atoms with Gasteiger partial charge < -0.3 is 25.6 Å². The minimum atomic E-state index is -3.43. The lowest BCUT2D eigenvalue weighted by atomic mass is 9.83. The number of carbonyl (C=O) groups is 2. The summed E-state index contributed by atoms with van der Waals surface area (Å²) in [5.41, 5.74) is 14.0. The van der Waals surface area contributed by atoms with Crippen LogP contribution in [0.1, 0.15) is 57.0 Å². The van der Waals surface area contributed by atoms with Gasteiger partial charge in [-0.3, -0.25) is 4.72 Å². The molecule has 0 radical (unpaired) electrons. The van der Waals surface area contributed by atoms with Gasteiger partial charge in [-0.05, 0) is 36.0 Å². The van der Waals surface area contributed by atoms with E-state index in [9.17, 15) is 18.0 Å². The maximum atomic E-state index is 12.1. The van der Waals surface area contributed by atoms with Crippen molar-refractivity contribution in [3.63, 3.8) is 0 Å². The van der Waals surface area contributed by atoms with E-state index >= 15 is 0 Å². The van der Waals surface area contributed by atoms with Gasteiger partial charge in [0.1, 0.15) is 0 Å². The lowest BCUT2D eigenvalue weighted by molar-refractivity contribution is -0.168. The number of nitrogens with two attached hydrogens (primary N) is 2. The molecule has 1 aliphatic heterocycles. The molecule has 2 amide bonds. The Morgan fingerprint density at radius 3 is 2.14 bits per heavy atom. The molecule has 1 aromatic carbocycles. The van der Waals surface area contributed by atoms with Crippen LogP contribution in [0.3, 0.4) is 0 Å². The fourth-order valence-corrected chi connectivity index (χ4v) is 5.41. The number of aromatic nitrogens is 1. The van der Waals surface area contributed by atoms with Crippen molar-refractivity contribution in [1.29, 1.82) is 0 Å². The van der Waals surface area contributed by atoms with Gasteiger partial charge >= 0.3 is 12.2 Å². The zero-order chi connectivity index (χ0) is 25.7. The lowest BCUT2D eigenvalue weighted by Crippen LogP contribution is -2.46. The van der Waals surface area contributed by atoms with Crippen LogP contribution in [-0.2, 0) is 21.4 Å². The number of anilines is 1. The number of rotatable bonds is 6. The number of amides is 2. The summed E-state index contributed by atoms with van der Waals surface area (Å²) in [5.74, 6) is 0.577. The second kappa shape index (κ2) is 8.76. The van der Waals surface area contributed by atoms with E-state index < -0.39 is 33.7 Å².